The number of nitrogens with one attached hydrogen (secondary N) is 1. The van der Waals surface area contributed by atoms with Gasteiger partial charge in [-0.25, -0.2) is 0 Å². The van der Waals surface area contributed by atoms with E-state index in [9.17, 15) is 18.3 Å². The topological polar surface area (TPSA) is 50.7 Å². The molecule has 0 aliphatic rings. The van der Waals surface area contributed by atoms with Gasteiger partial charge >= 0.3 is 6.36 Å². The lowest BCUT2D eigenvalue weighted by molar-refractivity contribution is -0.274. The molecule has 0 aliphatic carbocycles. The second-order valence-electron chi connectivity index (χ2n) is 4.39. The maximum absolute atomic E-state index is 12.1. The summed E-state index contributed by atoms with van der Waals surface area (Å²) in [6.07, 6.45) is -4.71. The first kappa shape index (κ1) is 18.2. The van der Waals surface area contributed by atoms with Crippen LogP contribution in [0.2, 0.25) is 0 Å². The van der Waals surface area contributed by atoms with Crippen molar-refractivity contribution in [2.75, 3.05) is 20.3 Å². The third-order valence-corrected chi connectivity index (χ3v) is 3.18. The van der Waals surface area contributed by atoms with Gasteiger partial charge < -0.3 is 19.9 Å². The fourth-order valence-corrected chi connectivity index (χ4v) is 2.15. The SMILES string of the molecule is COCC(O)CCNCc1ccc(OC(F)(F)F)c(Br)c1. The molecule has 0 saturated heterocycles. The van der Waals surface area contributed by atoms with Crippen molar-refractivity contribution < 1.29 is 27.8 Å². The molecule has 0 bridgehead atoms. The molecule has 0 amide bonds. The Morgan fingerprint density at radius 3 is 2.67 bits per heavy atom. The molecule has 8 heteroatoms. The highest BCUT2D eigenvalue weighted by molar-refractivity contribution is 9.10. The number of rotatable bonds is 8. The van der Waals surface area contributed by atoms with Crippen molar-refractivity contribution in [3.05, 3.63) is 28.2 Å². The number of hydrogen-bond acceptors (Lipinski definition) is 4. The number of hydrogen-bond donors (Lipinski definition) is 2. The van der Waals surface area contributed by atoms with Gasteiger partial charge in [-0.1, -0.05) is 6.07 Å². The molecule has 0 radical (unpaired) electrons. The lowest BCUT2D eigenvalue weighted by Crippen LogP contribution is -2.23. The standard InChI is InChI=1S/C13H17BrF3NO3/c1-20-8-10(19)4-5-18-7-9-2-3-12(11(14)6-9)21-13(15,16)17/h2-3,6,10,18-19H,4-5,7-8H2,1H3. The van der Waals surface area contributed by atoms with Crippen molar-refractivity contribution in [2.45, 2.75) is 25.4 Å². The number of aliphatic hydroxyl groups excluding tert-OH is 1. The summed E-state index contributed by atoms with van der Waals surface area (Å²) in [6, 6.07) is 4.36. The van der Waals surface area contributed by atoms with Crippen LogP contribution in [-0.4, -0.2) is 37.8 Å². The Kier molecular flexibility index (Phi) is 7.44. The quantitative estimate of drug-likeness (QED) is 0.690. The van der Waals surface area contributed by atoms with Crippen molar-refractivity contribution in [2.24, 2.45) is 0 Å². The number of aliphatic hydroxyl groups is 1. The molecular weight excluding hydrogens is 355 g/mol. The summed E-state index contributed by atoms with van der Waals surface area (Å²) < 4.78 is 45.2. The molecule has 4 nitrogen and oxygen atoms in total. The zero-order valence-electron chi connectivity index (χ0n) is 11.4. The lowest BCUT2D eigenvalue weighted by Gasteiger charge is -2.12. The smallest absolute Gasteiger partial charge is 0.405 e. The van der Waals surface area contributed by atoms with Gasteiger partial charge in [-0.05, 0) is 46.6 Å². The summed E-state index contributed by atoms with van der Waals surface area (Å²) in [6.45, 7) is 1.32. The maximum atomic E-state index is 12.1. The van der Waals surface area contributed by atoms with Gasteiger partial charge in [0.1, 0.15) is 5.75 Å². The fourth-order valence-electron chi connectivity index (χ4n) is 1.64. The van der Waals surface area contributed by atoms with Crippen LogP contribution in [0.3, 0.4) is 0 Å². The highest BCUT2D eigenvalue weighted by Crippen LogP contribution is 2.30. The molecule has 0 aliphatic heterocycles. The Balaban J connectivity index is 2.42. The lowest BCUT2D eigenvalue weighted by atomic mass is 10.2. The summed E-state index contributed by atoms with van der Waals surface area (Å²) in [5.74, 6) is -0.276. The van der Waals surface area contributed by atoms with Crippen LogP contribution in [0, 0.1) is 0 Å². The minimum absolute atomic E-state index is 0.235. The van der Waals surface area contributed by atoms with E-state index in [4.69, 9.17) is 4.74 Å². The summed E-state index contributed by atoms with van der Waals surface area (Å²) in [7, 11) is 1.51. The Bertz CT molecular complexity index is 443. The van der Waals surface area contributed by atoms with E-state index in [0.29, 0.717) is 19.5 Å². The molecule has 21 heavy (non-hydrogen) atoms. The van der Waals surface area contributed by atoms with E-state index in [1.165, 1.54) is 13.2 Å². The second kappa shape index (κ2) is 8.57. The highest BCUT2D eigenvalue weighted by atomic mass is 79.9. The van der Waals surface area contributed by atoms with Gasteiger partial charge in [0, 0.05) is 13.7 Å². The van der Waals surface area contributed by atoms with Crippen LogP contribution >= 0.6 is 15.9 Å². The zero-order valence-corrected chi connectivity index (χ0v) is 13.0. The van der Waals surface area contributed by atoms with Crippen molar-refractivity contribution in [1.82, 2.24) is 5.32 Å². The van der Waals surface area contributed by atoms with Crippen LogP contribution < -0.4 is 10.1 Å². The average molecular weight is 372 g/mol. The highest BCUT2D eigenvalue weighted by Gasteiger charge is 2.31. The number of ether oxygens (including phenoxy) is 2. The van der Waals surface area contributed by atoms with Gasteiger partial charge in [-0.2, -0.15) is 0 Å². The molecule has 0 spiro atoms. The van der Waals surface area contributed by atoms with Gasteiger partial charge in [0.15, 0.2) is 0 Å². The predicted molar refractivity (Wildman–Crippen MR) is 75.0 cm³/mol. The van der Waals surface area contributed by atoms with Gasteiger partial charge in [0.25, 0.3) is 0 Å². The monoisotopic (exact) mass is 371 g/mol. The summed E-state index contributed by atoms with van der Waals surface area (Å²) in [4.78, 5) is 0. The second-order valence-corrected chi connectivity index (χ2v) is 5.24. The molecule has 0 saturated carbocycles. The first-order valence-electron chi connectivity index (χ1n) is 6.23. The Hall–Kier alpha value is -0.830. The van der Waals surface area contributed by atoms with Crippen molar-refractivity contribution in [3.8, 4) is 5.75 Å². The van der Waals surface area contributed by atoms with Crippen molar-refractivity contribution >= 4 is 15.9 Å². The number of benzene rings is 1. The average Bonchev–Trinajstić information content (AvgIpc) is 2.37. The summed E-state index contributed by atoms with van der Waals surface area (Å²) in [5, 5.41) is 12.5. The molecule has 2 N–H and O–H groups in total. The molecular formula is C13H17BrF3NO3. The van der Waals surface area contributed by atoms with Gasteiger partial charge in [-0.15, -0.1) is 13.2 Å². The van der Waals surface area contributed by atoms with Crippen LogP contribution in [0.4, 0.5) is 13.2 Å². The van der Waals surface area contributed by atoms with Gasteiger partial charge in [0.2, 0.25) is 0 Å². The van der Waals surface area contributed by atoms with Crippen LogP contribution in [0.15, 0.2) is 22.7 Å². The Morgan fingerprint density at radius 2 is 2.10 bits per heavy atom. The first-order chi connectivity index (χ1) is 9.81. The van der Waals surface area contributed by atoms with Crippen LogP contribution in [0.1, 0.15) is 12.0 Å². The van der Waals surface area contributed by atoms with E-state index in [-0.39, 0.29) is 16.8 Å². The molecule has 1 unspecified atom stereocenters. The van der Waals surface area contributed by atoms with Crippen LogP contribution in [0.5, 0.6) is 5.75 Å². The Labute approximate surface area is 129 Å². The molecule has 0 heterocycles. The molecule has 0 aromatic heterocycles. The summed E-state index contributed by atoms with van der Waals surface area (Å²) >= 11 is 3.04. The third-order valence-electron chi connectivity index (χ3n) is 2.56. The molecule has 1 rings (SSSR count). The number of alkyl halides is 3. The molecule has 1 atom stereocenters. The van der Waals surface area contributed by atoms with E-state index in [2.05, 4.69) is 26.0 Å². The number of methoxy groups -OCH3 is 1. The normalized spacial score (nSPS) is 13.2. The minimum Gasteiger partial charge on any atom is -0.405 e. The van der Waals surface area contributed by atoms with Crippen molar-refractivity contribution in [3.63, 3.8) is 0 Å². The molecule has 120 valence electrons. The third kappa shape index (κ3) is 7.66. The van der Waals surface area contributed by atoms with Crippen molar-refractivity contribution in [1.29, 1.82) is 0 Å². The van der Waals surface area contributed by atoms with Gasteiger partial charge in [0.05, 0.1) is 17.2 Å². The Morgan fingerprint density at radius 1 is 1.38 bits per heavy atom. The fraction of sp³-hybridized carbons (Fsp3) is 0.538. The molecule has 1 aromatic carbocycles. The van der Waals surface area contributed by atoms with E-state index in [1.54, 1.807) is 12.1 Å². The van der Waals surface area contributed by atoms with E-state index < -0.39 is 12.5 Å². The molecule has 0 fully saturated rings. The van der Waals surface area contributed by atoms with E-state index in [0.717, 1.165) is 5.56 Å². The summed E-state index contributed by atoms with van der Waals surface area (Å²) in [5.41, 5.74) is 0.803. The van der Waals surface area contributed by atoms with Crippen LogP contribution in [0.25, 0.3) is 0 Å². The maximum Gasteiger partial charge on any atom is 0.573 e. The largest absolute Gasteiger partial charge is 0.573 e. The zero-order chi connectivity index (χ0) is 15.9. The van der Waals surface area contributed by atoms with Gasteiger partial charge in [-0.3, -0.25) is 0 Å². The van der Waals surface area contributed by atoms with Crippen LogP contribution in [-0.2, 0) is 11.3 Å². The first-order valence-corrected chi connectivity index (χ1v) is 7.03. The van der Waals surface area contributed by atoms with E-state index in [1.807, 2.05) is 0 Å². The molecule has 1 aromatic rings. The number of halogens is 4. The van der Waals surface area contributed by atoms with E-state index >= 15 is 0 Å². The minimum atomic E-state index is -4.71. The predicted octanol–water partition coefficient (Wildman–Crippen LogP) is 2.83.